The molecule has 1 unspecified atom stereocenters. The first-order chi connectivity index (χ1) is 4.72. The van der Waals surface area contributed by atoms with Crippen molar-refractivity contribution in [1.29, 1.82) is 0 Å². The Balaban J connectivity index is 0. The lowest BCUT2D eigenvalue weighted by molar-refractivity contribution is -0.144. The van der Waals surface area contributed by atoms with Crippen molar-refractivity contribution in [2.45, 2.75) is 6.04 Å². The molecule has 0 amide bonds. The first-order valence-electron chi connectivity index (χ1n) is 2.86. The zero-order valence-electron chi connectivity index (χ0n) is 6.03. The molecule has 0 spiro atoms. The van der Waals surface area contributed by atoms with E-state index >= 15 is 0 Å². The Labute approximate surface area is 71.4 Å². The lowest BCUT2D eigenvalue weighted by atomic mass is 10.3. The van der Waals surface area contributed by atoms with Crippen LogP contribution >= 0.6 is 12.4 Å². The van der Waals surface area contributed by atoms with Crippen LogP contribution in [0.3, 0.4) is 0 Å². The van der Waals surface area contributed by atoms with Gasteiger partial charge in [-0.3, -0.25) is 4.79 Å². The molecule has 0 radical (unpaired) electrons. The summed E-state index contributed by atoms with van der Waals surface area (Å²) in [7, 11) is 0. The molecule has 4 nitrogen and oxygen atoms in total. The number of aliphatic hydroxyl groups excluding tert-OH is 1. The molecule has 0 aromatic carbocycles. The van der Waals surface area contributed by atoms with Gasteiger partial charge in [-0.05, 0) is 0 Å². The minimum absolute atomic E-state index is 0. The van der Waals surface area contributed by atoms with E-state index < -0.39 is 18.6 Å². The van der Waals surface area contributed by atoms with E-state index in [-0.39, 0.29) is 19.0 Å². The van der Waals surface area contributed by atoms with Crippen LogP contribution < -0.4 is 5.73 Å². The second-order valence-corrected chi connectivity index (χ2v) is 1.71. The monoisotopic (exact) mass is 181 g/mol. The largest absolute Gasteiger partial charge is 0.460 e. The van der Waals surface area contributed by atoms with Gasteiger partial charge in [-0.1, -0.05) is 12.7 Å². The van der Waals surface area contributed by atoms with E-state index in [1.807, 2.05) is 0 Å². The second-order valence-electron chi connectivity index (χ2n) is 1.71. The molecular weight excluding hydrogens is 170 g/mol. The molecule has 0 fully saturated rings. The predicted octanol–water partition coefficient (Wildman–Crippen LogP) is -0.543. The van der Waals surface area contributed by atoms with Gasteiger partial charge in [0.2, 0.25) is 0 Å². The average Bonchev–Trinajstić information content (AvgIpc) is 1.98. The number of hydrogen-bond acceptors (Lipinski definition) is 4. The highest BCUT2D eigenvalue weighted by atomic mass is 35.5. The second kappa shape index (κ2) is 7.53. The van der Waals surface area contributed by atoms with Crippen molar-refractivity contribution < 1.29 is 14.6 Å². The lowest BCUT2D eigenvalue weighted by Gasteiger charge is -2.05. The van der Waals surface area contributed by atoms with E-state index in [0.717, 1.165) is 0 Å². The van der Waals surface area contributed by atoms with Crippen molar-refractivity contribution in [3.8, 4) is 0 Å². The van der Waals surface area contributed by atoms with Gasteiger partial charge in [-0.25, -0.2) is 0 Å². The molecule has 66 valence electrons. The third kappa shape index (κ3) is 5.84. The summed E-state index contributed by atoms with van der Waals surface area (Å²) in [5.74, 6) is -0.609. The first kappa shape index (κ1) is 13.0. The molecule has 0 bridgehead atoms. The molecule has 0 saturated carbocycles. The molecule has 0 aromatic heterocycles. The maximum absolute atomic E-state index is 10.6. The number of esters is 1. The summed E-state index contributed by atoms with van der Waals surface area (Å²) in [6, 6.07) is -0.931. The van der Waals surface area contributed by atoms with E-state index in [0.29, 0.717) is 0 Å². The maximum Gasteiger partial charge on any atom is 0.325 e. The minimum atomic E-state index is -0.931. The van der Waals surface area contributed by atoms with E-state index in [2.05, 4.69) is 11.3 Å². The maximum atomic E-state index is 10.6. The van der Waals surface area contributed by atoms with Crippen LogP contribution in [-0.4, -0.2) is 30.3 Å². The van der Waals surface area contributed by atoms with Gasteiger partial charge in [-0.2, -0.15) is 0 Å². The van der Waals surface area contributed by atoms with Crippen LogP contribution in [0.4, 0.5) is 0 Å². The molecule has 11 heavy (non-hydrogen) atoms. The Bertz CT molecular complexity index is 129. The Morgan fingerprint density at radius 3 is 2.73 bits per heavy atom. The first-order valence-corrected chi connectivity index (χ1v) is 2.86. The van der Waals surface area contributed by atoms with Gasteiger partial charge in [-0.15, -0.1) is 12.4 Å². The van der Waals surface area contributed by atoms with Crippen molar-refractivity contribution in [3.63, 3.8) is 0 Å². The minimum Gasteiger partial charge on any atom is -0.460 e. The summed E-state index contributed by atoms with van der Waals surface area (Å²) < 4.78 is 4.50. The smallest absolute Gasteiger partial charge is 0.325 e. The average molecular weight is 182 g/mol. The topological polar surface area (TPSA) is 72.5 Å². The molecule has 5 heteroatoms. The van der Waals surface area contributed by atoms with Crippen LogP contribution in [0.2, 0.25) is 0 Å². The lowest BCUT2D eigenvalue weighted by Crippen LogP contribution is -2.35. The third-order valence-electron chi connectivity index (χ3n) is 0.843. The van der Waals surface area contributed by atoms with Crippen molar-refractivity contribution >= 4 is 18.4 Å². The number of ether oxygens (including phenoxy) is 1. The Morgan fingerprint density at radius 1 is 1.82 bits per heavy atom. The van der Waals surface area contributed by atoms with Crippen LogP contribution in [0.15, 0.2) is 12.7 Å². The quantitative estimate of drug-likeness (QED) is 0.451. The van der Waals surface area contributed by atoms with Crippen molar-refractivity contribution in [2.24, 2.45) is 5.73 Å². The Morgan fingerprint density at radius 2 is 2.36 bits per heavy atom. The summed E-state index contributed by atoms with van der Waals surface area (Å²) in [5.41, 5.74) is 5.10. The summed E-state index contributed by atoms with van der Waals surface area (Å²) in [5, 5.41) is 8.35. The SMILES string of the molecule is C=CCOC(=O)C(N)CO.Cl. The fourth-order valence-corrected chi connectivity index (χ4v) is 0.323. The zero-order chi connectivity index (χ0) is 7.98. The summed E-state index contributed by atoms with van der Waals surface area (Å²) >= 11 is 0. The van der Waals surface area contributed by atoms with Gasteiger partial charge >= 0.3 is 5.97 Å². The number of carbonyl (C=O) groups excluding carboxylic acids is 1. The molecule has 0 heterocycles. The molecule has 1 atom stereocenters. The highest BCUT2D eigenvalue weighted by molar-refractivity contribution is 5.85. The number of aliphatic hydroxyl groups is 1. The molecule has 3 N–H and O–H groups in total. The predicted molar refractivity (Wildman–Crippen MR) is 43.5 cm³/mol. The number of rotatable bonds is 4. The zero-order valence-corrected chi connectivity index (χ0v) is 6.84. The number of carbonyl (C=O) groups is 1. The van der Waals surface area contributed by atoms with Gasteiger partial charge in [0.1, 0.15) is 12.6 Å². The normalized spacial score (nSPS) is 11.1. The van der Waals surface area contributed by atoms with Crippen LogP contribution in [0, 0.1) is 0 Å². The molecular formula is C6H12ClNO3. The molecule has 0 aliphatic heterocycles. The standard InChI is InChI=1S/C6H11NO3.ClH/c1-2-3-10-6(9)5(7)4-8;/h2,5,8H,1,3-4,7H2;1H. The van der Waals surface area contributed by atoms with Gasteiger partial charge in [0.05, 0.1) is 6.61 Å². The summed E-state index contributed by atoms with van der Waals surface area (Å²) in [4.78, 5) is 10.6. The number of hydrogen-bond donors (Lipinski definition) is 2. The highest BCUT2D eigenvalue weighted by Crippen LogP contribution is 1.83. The van der Waals surface area contributed by atoms with Crippen molar-refractivity contribution in [3.05, 3.63) is 12.7 Å². The molecule has 0 aromatic rings. The van der Waals surface area contributed by atoms with E-state index in [4.69, 9.17) is 10.8 Å². The molecule has 0 rings (SSSR count). The van der Waals surface area contributed by atoms with Gasteiger partial charge in [0.25, 0.3) is 0 Å². The molecule has 0 saturated heterocycles. The number of nitrogens with two attached hydrogens (primary N) is 1. The fraction of sp³-hybridized carbons (Fsp3) is 0.500. The van der Waals surface area contributed by atoms with Crippen LogP contribution in [0.25, 0.3) is 0 Å². The van der Waals surface area contributed by atoms with E-state index in [1.54, 1.807) is 0 Å². The third-order valence-corrected chi connectivity index (χ3v) is 0.843. The van der Waals surface area contributed by atoms with Crippen LogP contribution in [0.5, 0.6) is 0 Å². The number of halogens is 1. The summed E-state index contributed by atoms with van der Waals surface area (Å²) in [6.45, 7) is 3.08. The summed E-state index contributed by atoms with van der Waals surface area (Å²) in [6.07, 6.45) is 1.43. The van der Waals surface area contributed by atoms with Gasteiger partial charge in [0, 0.05) is 0 Å². The molecule has 0 aliphatic rings. The fourth-order valence-electron chi connectivity index (χ4n) is 0.323. The highest BCUT2D eigenvalue weighted by Gasteiger charge is 2.11. The van der Waals surface area contributed by atoms with Crippen LogP contribution in [0.1, 0.15) is 0 Å². The van der Waals surface area contributed by atoms with Crippen molar-refractivity contribution in [2.75, 3.05) is 13.2 Å². The van der Waals surface area contributed by atoms with Gasteiger partial charge in [0.15, 0.2) is 0 Å². The van der Waals surface area contributed by atoms with Gasteiger partial charge < -0.3 is 15.6 Å². The Hall–Kier alpha value is -0.580. The Kier molecular flexibility index (Phi) is 8.92. The van der Waals surface area contributed by atoms with Crippen molar-refractivity contribution in [1.82, 2.24) is 0 Å². The van der Waals surface area contributed by atoms with E-state index in [9.17, 15) is 4.79 Å². The van der Waals surface area contributed by atoms with E-state index in [1.165, 1.54) is 6.08 Å². The molecule has 0 aliphatic carbocycles. The van der Waals surface area contributed by atoms with Crippen LogP contribution in [-0.2, 0) is 9.53 Å².